The molecule has 1 rings (SSSR count). The molecule has 7 heteroatoms. The molecule has 88 valence electrons. The van der Waals surface area contributed by atoms with Gasteiger partial charge in [-0.3, -0.25) is 4.79 Å². The van der Waals surface area contributed by atoms with E-state index in [2.05, 4.69) is 15.9 Å². The summed E-state index contributed by atoms with van der Waals surface area (Å²) in [7, 11) is -3.77. The number of halogens is 3. The summed E-state index contributed by atoms with van der Waals surface area (Å²) in [6.07, 6.45) is 0.872. The van der Waals surface area contributed by atoms with Crippen molar-refractivity contribution in [2.45, 2.75) is 3.12 Å². The number of ketones is 1. The van der Waals surface area contributed by atoms with Crippen LogP contribution in [-0.2, 0) is 9.84 Å². The van der Waals surface area contributed by atoms with Gasteiger partial charge in [-0.05, 0) is 28.1 Å². The van der Waals surface area contributed by atoms with E-state index in [0.29, 0.717) is 5.02 Å². The Balaban J connectivity index is 3.23. The van der Waals surface area contributed by atoms with Crippen molar-refractivity contribution in [2.75, 3.05) is 6.26 Å². The first-order valence-electron chi connectivity index (χ1n) is 4.04. The number of carbonyl (C=O) groups is 1. The number of Topliss-reactive ketones (excluding diaryl/α,β-unsaturated/α-hetero) is 1. The third-order valence-corrected chi connectivity index (χ3v) is 6.31. The van der Waals surface area contributed by atoms with Crippen molar-refractivity contribution in [3.05, 3.63) is 34.9 Å². The number of hydrogen-bond donors (Lipinski definition) is 0. The molecule has 0 saturated heterocycles. The maximum Gasteiger partial charge on any atom is 0.261 e. The van der Waals surface area contributed by atoms with Crippen molar-refractivity contribution in [1.82, 2.24) is 0 Å². The lowest BCUT2D eigenvalue weighted by Crippen LogP contribution is -2.34. The minimum atomic E-state index is -3.77. The molecule has 0 N–H and O–H groups in total. The molecule has 0 unspecified atom stereocenters. The van der Waals surface area contributed by atoms with Crippen molar-refractivity contribution in [1.29, 1.82) is 0 Å². The van der Waals surface area contributed by atoms with Gasteiger partial charge in [-0.15, -0.1) is 0 Å². The van der Waals surface area contributed by atoms with E-state index < -0.39 is 18.7 Å². The van der Waals surface area contributed by atoms with Crippen LogP contribution in [0.5, 0.6) is 0 Å². The smallest absolute Gasteiger partial charge is 0.261 e. The first kappa shape index (κ1) is 14.0. The second-order valence-corrected chi connectivity index (χ2v) is 8.68. The summed E-state index contributed by atoms with van der Waals surface area (Å²) in [5.74, 6) is -0.765. The Bertz CT molecular complexity index is 525. The second kappa shape index (κ2) is 4.64. The zero-order valence-corrected chi connectivity index (χ0v) is 12.0. The molecule has 0 heterocycles. The molecule has 0 bridgehead atoms. The van der Waals surface area contributed by atoms with Gasteiger partial charge in [-0.25, -0.2) is 8.42 Å². The van der Waals surface area contributed by atoms with Crippen LogP contribution in [0.4, 0.5) is 0 Å². The van der Waals surface area contributed by atoms with Crippen LogP contribution in [0, 0.1) is 0 Å². The highest BCUT2D eigenvalue weighted by molar-refractivity contribution is 9.12. The van der Waals surface area contributed by atoms with E-state index >= 15 is 0 Å². The number of benzene rings is 1. The molecule has 0 aromatic heterocycles. The van der Waals surface area contributed by atoms with Gasteiger partial charge in [0.15, 0.2) is 9.84 Å². The van der Waals surface area contributed by atoms with Crippen LogP contribution in [0.1, 0.15) is 10.4 Å². The normalized spacial score (nSPS) is 15.5. The fourth-order valence-corrected chi connectivity index (χ4v) is 1.95. The molecule has 0 radical (unpaired) electrons. The van der Waals surface area contributed by atoms with Crippen LogP contribution < -0.4 is 0 Å². The van der Waals surface area contributed by atoms with Gasteiger partial charge < -0.3 is 0 Å². The monoisotopic (exact) mass is 344 g/mol. The zero-order chi connectivity index (χ0) is 12.6. The Hall–Kier alpha value is -0.100. The Morgan fingerprint density at radius 2 is 2.00 bits per heavy atom. The minimum absolute atomic E-state index is 0.129. The van der Waals surface area contributed by atoms with Crippen LogP contribution in [0.3, 0.4) is 0 Å². The van der Waals surface area contributed by atoms with Crippen molar-refractivity contribution in [3.63, 3.8) is 0 Å². The highest BCUT2D eigenvalue weighted by atomic mass is 79.9. The van der Waals surface area contributed by atoms with Gasteiger partial charge >= 0.3 is 0 Å². The summed E-state index contributed by atoms with van der Waals surface area (Å²) in [5.41, 5.74) is 0.129. The first-order chi connectivity index (χ1) is 7.16. The maximum atomic E-state index is 11.8. The van der Waals surface area contributed by atoms with Crippen molar-refractivity contribution in [3.8, 4) is 0 Å². The summed E-state index contributed by atoms with van der Waals surface area (Å²) in [6, 6.07) is 5.91. The largest absolute Gasteiger partial charge is 0.290 e. The summed E-state index contributed by atoms with van der Waals surface area (Å²) in [4.78, 5) is 11.8. The van der Waals surface area contributed by atoms with Crippen LogP contribution in [0.15, 0.2) is 24.3 Å². The molecule has 3 nitrogen and oxygen atoms in total. The summed E-state index contributed by atoms with van der Waals surface area (Å²) in [6.45, 7) is 0. The fourth-order valence-electron chi connectivity index (χ4n) is 0.966. The van der Waals surface area contributed by atoms with Gasteiger partial charge in [0.05, 0.1) is 0 Å². The number of sulfone groups is 1. The van der Waals surface area contributed by atoms with E-state index in [4.69, 9.17) is 23.2 Å². The molecule has 0 spiro atoms. The topological polar surface area (TPSA) is 51.2 Å². The van der Waals surface area contributed by atoms with E-state index in [-0.39, 0.29) is 5.56 Å². The number of rotatable bonds is 3. The molecule has 16 heavy (non-hydrogen) atoms. The average molecular weight is 346 g/mol. The first-order valence-corrected chi connectivity index (χ1v) is 7.48. The van der Waals surface area contributed by atoms with Gasteiger partial charge in [-0.1, -0.05) is 35.3 Å². The molecule has 0 aliphatic carbocycles. The molecular weight excluding hydrogens is 339 g/mol. The predicted molar refractivity (Wildman–Crippen MR) is 68.1 cm³/mol. The SMILES string of the molecule is CS(=O)(=O)[C@@](Cl)(Br)C(=O)c1cccc(Cl)c1. The van der Waals surface area contributed by atoms with Crippen LogP contribution in [0.25, 0.3) is 0 Å². The maximum absolute atomic E-state index is 11.8. The van der Waals surface area contributed by atoms with E-state index in [9.17, 15) is 13.2 Å². The number of alkyl halides is 2. The molecule has 1 aromatic carbocycles. The molecular formula is C9H7BrCl2O3S. The predicted octanol–water partition coefficient (Wildman–Crippen LogP) is 2.85. The summed E-state index contributed by atoms with van der Waals surface area (Å²) < 4.78 is 20.5. The van der Waals surface area contributed by atoms with Gasteiger partial charge in [0.25, 0.3) is 3.12 Å². The quantitative estimate of drug-likeness (QED) is 0.625. The Kier molecular flexibility index (Phi) is 4.05. The third-order valence-electron chi connectivity index (χ3n) is 1.82. The third kappa shape index (κ3) is 2.77. The lowest BCUT2D eigenvalue weighted by atomic mass is 10.1. The zero-order valence-electron chi connectivity index (χ0n) is 8.08. The van der Waals surface area contributed by atoms with E-state index in [1.807, 2.05) is 0 Å². The molecule has 1 atom stereocenters. The molecule has 0 amide bonds. The second-order valence-electron chi connectivity index (χ2n) is 3.13. The Morgan fingerprint density at radius 3 is 2.44 bits per heavy atom. The summed E-state index contributed by atoms with van der Waals surface area (Å²) >= 11 is 14.1. The Labute approximate surface area is 112 Å². The van der Waals surface area contributed by atoms with E-state index in [1.165, 1.54) is 18.2 Å². The van der Waals surface area contributed by atoms with Crippen molar-refractivity contribution in [2.24, 2.45) is 0 Å². The fraction of sp³-hybridized carbons (Fsp3) is 0.222. The summed E-state index contributed by atoms with van der Waals surface area (Å²) in [5, 5.41) is 0.333. The van der Waals surface area contributed by atoms with Gasteiger partial charge in [-0.2, -0.15) is 0 Å². The molecule has 0 fully saturated rings. The van der Waals surface area contributed by atoms with Gasteiger partial charge in [0, 0.05) is 16.8 Å². The van der Waals surface area contributed by atoms with Crippen molar-refractivity contribution < 1.29 is 13.2 Å². The van der Waals surface area contributed by atoms with E-state index in [0.717, 1.165) is 6.26 Å². The highest BCUT2D eigenvalue weighted by Crippen LogP contribution is 2.34. The molecule has 0 saturated carbocycles. The van der Waals surface area contributed by atoms with E-state index in [1.54, 1.807) is 6.07 Å². The number of hydrogen-bond acceptors (Lipinski definition) is 3. The van der Waals surface area contributed by atoms with Crippen molar-refractivity contribution >= 4 is 54.8 Å². The Morgan fingerprint density at radius 1 is 1.44 bits per heavy atom. The molecule has 1 aromatic rings. The van der Waals surface area contributed by atoms with Crippen LogP contribution in [0.2, 0.25) is 5.02 Å². The lowest BCUT2D eigenvalue weighted by Gasteiger charge is -2.16. The minimum Gasteiger partial charge on any atom is -0.290 e. The molecule has 0 aliphatic heterocycles. The van der Waals surface area contributed by atoms with Crippen LogP contribution >= 0.6 is 39.1 Å². The average Bonchev–Trinajstić information content (AvgIpc) is 2.14. The lowest BCUT2D eigenvalue weighted by molar-refractivity contribution is 0.1000. The molecule has 0 aliphatic rings. The van der Waals surface area contributed by atoms with Crippen LogP contribution in [-0.4, -0.2) is 23.6 Å². The standard InChI is InChI=1S/C9H7BrCl2O3S/c1-16(14,15)9(10,12)8(13)6-3-2-4-7(11)5-6/h2-5H,1H3/t9-/m1/s1. The van der Waals surface area contributed by atoms with Gasteiger partial charge in [0.1, 0.15) is 0 Å². The van der Waals surface area contributed by atoms with Gasteiger partial charge in [0.2, 0.25) is 5.78 Å². The number of carbonyl (C=O) groups excluding carboxylic acids is 1. The highest BCUT2D eigenvalue weighted by Gasteiger charge is 2.44.